The molecular formula is C48H62Cl2FN7O8. The number of aromatic nitrogens is 2. The molecule has 3 aromatic carbocycles. The van der Waals surface area contributed by atoms with Crippen LogP contribution in [-0.4, -0.2) is 92.6 Å². The van der Waals surface area contributed by atoms with Gasteiger partial charge in [-0.05, 0) is 113 Å². The van der Waals surface area contributed by atoms with Crippen molar-refractivity contribution in [2.45, 2.75) is 126 Å². The summed E-state index contributed by atoms with van der Waals surface area (Å²) in [5.41, 5.74) is 1.78. The largest absolute Gasteiger partial charge is 0.508 e. The van der Waals surface area contributed by atoms with Gasteiger partial charge in [-0.3, -0.25) is 43.7 Å². The number of phenolic OH excluding ortho intramolecular Hbond substituents is 1. The number of carbonyl (C=O) groups is 5. The zero-order valence-electron chi connectivity index (χ0n) is 37.8. The molecule has 15 nitrogen and oxygen atoms in total. The number of anilines is 1. The highest BCUT2D eigenvalue weighted by Gasteiger charge is 2.40. The number of carboxylic acid groups (broad SMARTS) is 1. The Morgan fingerprint density at radius 3 is 2.17 bits per heavy atom. The van der Waals surface area contributed by atoms with Crippen LogP contribution in [0, 0.1) is 5.82 Å². The normalized spacial score (nSPS) is 19.3. The van der Waals surface area contributed by atoms with Gasteiger partial charge in [0.05, 0.1) is 22.1 Å². The number of nitrogens with one attached hydrogen (secondary N) is 4. The summed E-state index contributed by atoms with van der Waals surface area (Å²) in [6.45, 7) is 4.53. The highest BCUT2D eigenvalue weighted by Crippen LogP contribution is 2.40. The van der Waals surface area contributed by atoms with E-state index in [2.05, 4.69) is 40.1 Å². The Morgan fingerprint density at radius 1 is 0.879 bits per heavy atom. The second-order valence-corrected chi connectivity index (χ2v) is 18.5. The highest BCUT2D eigenvalue weighted by atomic mass is 35.5. The maximum atomic E-state index is 15.7. The van der Waals surface area contributed by atoms with E-state index in [4.69, 9.17) is 33.1 Å². The summed E-state index contributed by atoms with van der Waals surface area (Å²) in [4.78, 5) is 71.8. The smallest absolute Gasteiger partial charge is 0.329 e. The molecule has 8 rings (SSSR count). The number of phenols is 1. The number of benzene rings is 3. The van der Waals surface area contributed by atoms with Gasteiger partial charge >= 0.3 is 5.69 Å². The van der Waals surface area contributed by atoms with Crippen molar-refractivity contribution in [2.24, 2.45) is 7.05 Å². The first-order chi connectivity index (χ1) is 31.6. The van der Waals surface area contributed by atoms with Gasteiger partial charge in [0.2, 0.25) is 24.1 Å². The minimum atomic E-state index is -0.800. The number of piperidine rings is 1. The third-order valence-electron chi connectivity index (χ3n) is 12.8. The summed E-state index contributed by atoms with van der Waals surface area (Å²) in [5, 5.41) is 28.7. The maximum absolute atomic E-state index is 15.7. The van der Waals surface area contributed by atoms with Crippen molar-refractivity contribution in [1.29, 1.82) is 0 Å². The second-order valence-electron chi connectivity index (χ2n) is 17.7. The Labute approximate surface area is 394 Å². The lowest BCUT2D eigenvalue weighted by molar-refractivity contribution is -0.136. The first-order valence-corrected chi connectivity index (χ1v) is 23.4. The zero-order valence-corrected chi connectivity index (χ0v) is 39.3. The lowest BCUT2D eigenvalue weighted by Crippen LogP contribution is -2.58. The van der Waals surface area contributed by atoms with Gasteiger partial charge in [0.1, 0.15) is 17.6 Å². The Morgan fingerprint density at radius 2 is 1.55 bits per heavy atom. The molecular weight excluding hydrogens is 892 g/mol. The number of rotatable bonds is 10. The number of nitrogens with zero attached hydrogens (tertiary/aromatic N) is 3. The van der Waals surface area contributed by atoms with Crippen LogP contribution in [0.1, 0.15) is 120 Å². The lowest BCUT2D eigenvalue weighted by atomic mass is 9.78. The quantitative estimate of drug-likeness (QED) is 0.0687. The summed E-state index contributed by atoms with van der Waals surface area (Å²) >= 11 is 12.5. The number of imidazole rings is 1. The van der Waals surface area contributed by atoms with E-state index < -0.39 is 29.7 Å². The van der Waals surface area contributed by atoms with Crippen molar-refractivity contribution in [3.05, 3.63) is 92.1 Å². The SMILES string of the molecule is CC1(NC(C(=O)NC2CCCCC2)[C@@H](c2ccc(Cl)cc2NC=O)c2cccc(Cl)c2F)CCCCC1.CN1CCCC1.Cn1c(=O)n(C2CCC(=O)NC2=O)c2ccc(O)cc21.O=CO. The summed E-state index contributed by atoms with van der Waals surface area (Å²) < 4.78 is 18.4. The van der Waals surface area contributed by atoms with Gasteiger partial charge in [-0.15, -0.1) is 0 Å². The summed E-state index contributed by atoms with van der Waals surface area (Å²) in [5.74, 6) is -2.25. The monoisotopic (exact) mass is 953 g/mol. The minimum absolute atomic E-state index is 0.0170. The summed E-state index contributed by atoms with van der Waals surface area (Å²) in [7, 11) is 3.75. The molecule has 2 aliphatic carbocycles. The predicted molar refractivity (Wildman–Crippen MR) is 254 cm³/mol. The molecule has 1 aromatic heterocycles. The van der Waals surface area contributed by atoms with Crippen LogP contribution in [0.5, 0.6) is 5.75 Å². The predicted octanol–water partition coefficient (Wildman–Crippen LogP) is 7.40. The second kappa shape index (κ2) is 24.5. The van der Waals surface area contributed by atoms with Gasteiger partial charge in [0.15, 0.2) is 0 Å². The molecule has 4 fully saturated rings. The van der Waals surface area contributed by atoms with E-state index in [9.17, 15) is 29.1 Å². The molecule has 4 aliphatic rings. The minimum Gasteiger partial charge on any atom is -0.508 e. The van der Waals surface area contributed by atoms with Crippen molar-refractivity contribution < 1.29 is 38.6 Å². The number of amides is 4. The molecule has 0 spiro atoms. The molecule has 0 bridgehead atoms. The third kappa shape index (κ3) is 13.4. The molecule has 3 atom stereocenters. The van der Waals surface area contributed by atoms with E-state index >= 15 is 4.39 Å². The Kier molecular flexibility index (Phi) is 19.2. The van der Waals surface area contributed by atoms with E-state index in [1.165, 1.54) is 59.7 Å². The molecule has 2 saturated carbocycles. The van der Waals surface area contributed by atoms with Crippen LogP contribution in [0.15, 0.2) is 59.4 Å². The number of halogens is 3. The first kappa shape index (κ1) is 51.7. The van der Waals surface area contributed by atoms with Gasteiger partial charge in [-0.25, -0.2) is 9.18 Å². The van der Waals surface area contributed by atoms with Crippen molar-refractivity contribution in [1.82, 2.24) is 30.0 Å². The molecule has 18 heteroatoms. The number of carbonyl (C=O) groups excluding carboxylic acids is 4. The Balaban J connectivity index is 0.000000232. The van der Waals surface area contributed by atoms with Crippen LogP contribution < -0.4 is 27.0 Å². The van der Waals surface area contributed by atoms with Crippen molar-refractivity contribution in [3.63, 3.8) is 0 Å². The number of hydrogen-bond donors (Lipinski definition) is 6. The average molecular weight is 955 g/mol. The molecule has 2 unspecified atom stereocenters. The fourth-order valence-corrected chi connectivity index (χ4v) is 9.78. The number of likely N-dealkylation sites (tertiary alicyclic amines) is 1. The maximum Gasteiger partial charge on any atom is 0.329 e. The fraction of sp³-hybridized carbons (Fsp3) is 0.500. The van der Waals surface area contributed by atoms with Gasteiger partial charge in [-0.1, -0.05) is 79.9 Å². The number of aromatic hydroxyl groups is 1. The molecule has 2 aliphatic heterocycles. The molecule has 0 radical (unpaired) electrons. The van der Waals surface area contributed by atoms with Gasteiger partial charge in [0, 0.05) is 47.7 Å². The summed E-state index contributed by atoms with van der Waals surface area (Å²) in [6, 6.07) is 13.0. The molecule has 2 saturated heterocycles. The van der Waals surface area contributed by atoms with E-state index in [1.54, 1.807) is 43.4 Å². The topological polar surface area (TPSA) is 204 Å². The number of aryl methyl sites for hydroxylation is 1. The molecule has 358 valence electrons. The fourth-order valence-electron chi connectivity index (χ4n) is 9.42. The Bertz CT molecular complexity index is 2370. The van der Waals surface area contributed by atoms with Crippen LogP contribution in [0.4, 0.5) is 10.1 Å². The number of hydrogen-bond acceptors (Lipinski definition) is 9. The number of fused-ring (bicyclic) bond motifs is 1. The van der Waals surface area contributed by atoms with Crippen LogP contribution in [0.2, 0.25) is 10.0 Å². The lowest BCUT2D eigenvalue weighted by Gasteiger charge is -2.41. The zero-order chi connectivity index (χ0) is 48.0. The number of imide groups is 1. The van der Waals surface area contributed by atoms with Crippen LogP contribution in [-0.2, 0) is 31.0 Å². The molecule has 3 heterocycles. The van der Waals surface area contributed by atoms with Crippen molar-refractivity contribution in [2.75, 3.05) is 25.5 Å². The van der Waals surface area contributed by atoms with Crippen LogP contribution >= 0.6 is 23.2 Å². The average Bonchev–Trinajstić information content (AvgIpc) is 3.87. The molecule has 4 aromatic rings. The van der Waals surface area contributed by atoms with E-state index in [1.807, 2.05) is 0 Å². The van der Waals surface area contributed by atoms with E-state index in [0.717, 1.165) is 57.8 Å². The Hall–Kier alpha value is -5.29. The van der Waals surface area contributed by atoms with Gasteiger partial charge < -0.3 is 25.7 Å². The van der Waals surface area contributed by atoms with Gasteiger partial charge in [0.25, 0.3) is 6.47 Å². The highest BCUT2D eigenvalue weighted by molar-refractivity contribution is 6.31. The summed E-state index contributed by atoms with van der Waals surface area (Å²) in [6.07, 6.45) is 14.2. The van der Waals surface area contributed by atoms with E-state index in [0.29, 0.717) is 45.7 Å². The third-order valence-corrected chi connectivity index (χ3v) is 13.4. The van der Waals surface area contributed by atoms with Crippen LogP contribution in [0.25, 0.3) is 11.0 Å². The molecule has 66 heavy (non-hydrogen) atoms. The van der Waals surface area contributed by atoms with Crippen molar-refractivity contribution >= 4 is 70.5 Å². The van der Waals surface area contributed by atoms with E-state index in [-0.39, 0.29) is 52.8 Å². The standard InChI is InChI=1S/C29H36Cl2FN3O2.C13H13N3O4.C5H11N.CH2O2/c1-29(15-6-3-7-16-29)35-27(28(37)34-20-9-4-2-5-10-20)25(22-11-8-12-23(31)26(22)32)21-14-13-19(30)17-24(21)33-18-36;1-15-10-6-7(17)2-3-8(10)16(13(15)20)9-4-5-11(18)14-12(9)19;1-6-4-2-3-5-6;2-1-3/h8,11-14,17-18,20,25,27,35H,2-7,9-10,15-16H2,1H3,(H,33,36)(H,34,37);2-3,6,9,17H,4-5H2,1H3,(H,14,18,19);2-5H2,1H3;1H,(H,2,3)/t25-,27?;;;/m0.../s1. The van der Waals surface area contributed by atoms with Gasteiger partial charge in [-0.2, -0.15) is 0 Å². The molecule has 6 N–H and O–H groups in total. The first-order valence-electron chi connectivity index (χ1n) is 22.6. The van der Waals surface area contributed by atoms with Crippen LogP contribution in [0.3, 0.4) is 0 Å². The molecule has 4 amide bonds. The van der Waals surface area contributed by atoms with Crippen molar-refractivity contribution in [3.8, 4) is 5.75 Å².